The highest BCUT2D eigenvalue weighted by Gasteiger charge is 2.27. The molecule has 7 nitrogen and oxygen atoms in total. The van der Waals surface area contributed by atoms with Gasteiger partial charge in [0.25, 0.3) is 0 Å². The van der Waals surface area contributed by atoms with Crippen molar-refractivity contribution in [3.8, 4) is 5.75 Å². The van der Waals surface area contributed by atoms with Gasteiger partial charge in [-0.15, -0.1) is 24.0 Å². The van der Waals surface area contributed by atoms with Crippen LogP contribution in [-0.2, 0) is 9.84 Å². The number of benzene rings is 1. The van der Waals surface area contributed by atoms with Crippen molar-refractivity contribution < 1.29 is 18.3 Å². The summed E-state index contributed by atoms with van der Waals surface area (Å²) < 4.78 is 28.8. The summed E-state index contributed by atoms with van der Waals surface area (Å²) in [5.41, 5.74) is 0.745. The Kier molecular flexibility index (Phi) is 10.5. The van der Waals surface area contributed by atoms with Crippen molar-refractivity contribution in [1.82, 2.24) is 10.6 Å². The number of hydrogen-bond donors (Lipinski definition) is 3. The Morgan fingerprint density at radius 2 is 2.11 bits per heavy atom. The summed E-state index contributed by atoms with van der Waals surface area (Å²) in [6, 6.07) is 7.38. The van der Waals surface area contributed by atoms with E-state index in [4.69, 9.17) is 4.74 Å². The summed E-state index contributed by atoms with van der Waals surface area (Å²) in [5, 5.41) is 16.8. The number of halogens is 1. The van der Waals surface area contributed by atoms with Crippen LogP contribution < -0.4 is 15.4 Å². The van der Waals surface area contributed by atoms with Crippen LogP contribution in [0.3, 0.4) is 0 Å². The summed E-state index contributed by atoms with van der Waals surface area (Å²) >= 11 is 0. The third-order valence-electron chi connectivity index (χ3n) is 4.27. The molecule has 1 aliphatic heterocycles. The Balaban J connectivity index is 0.00000392. The lowest BCUT2D eigenvalue weighted by Gasteiger charge is -2.16. The lowest BCUT2D eigenvalue weighted by molar-refractivity contribution is 0.185. The van der Waals surface area contributed by atoms with Crippen molar-refractivity contribution in [3.05, 3.63) is 29.8 Å². The molecule has 1 heterocycles. The molecule has 2 atom stereocenters. The zero-order chi connectivity index (χ0) is 19.9. The van der Waals surface area contributed by atoms with Crippen LogP contribution in [0.4, 0.5) is 0 Å². The van der Waals surface area contributed by atoms with Crippen molar-refractivity contribution in [1.29, 1.82) is 0 Å². The van der Waals surface area contributed by atoms with E-state index in [1.165, 1.54) is 0 Å². The summed E-state index contributed by atoms with van der Waals surface area (Å²) in [5.74, 6) is 1.90. The van der Waals surface area contributed by atoms with Crippen LogP contribution in [0.2, 0.25) is 0 Å². The number of ether oxygens (including phenoxy) is 1. The number of sulfone groups is 1. The molecule has 0 bridgehead atoms. The zero-order valence-electron chi connectivity index (χ0n) is 16.7. The number of aliphatic hydroxyl groups excluding tert-OH is 1. The molecule has 1 saturated heterocycles. The minimum Gasteiger partial charge on any atom is -0.491 e. The fourth-order valence-electron chi connectivity index (χ4n) is 2.97. The molecule has 1 aliphatic rings. The number of hydrogen-bond acceptors (Lipinski definition) is 5. The van der Waals surface area contributed by atoms with Gasteiger partial charge >= 0.3 is 0 Å². The molecule has 0 radical (unpaired) electrons. The fraction of sp³-hybridized carbons (Fsp3) is 0.632. The maximum absolute atomic E-state index is 11.6. The second-order valence-corrected chi connectivity index (χ2v) is 9.35. The molecule has 160 valence electrons. The van der Waals surface area contributed by atoms with E-state index in [1.807, 2.05) is 45.0 Å². The van der Waals surface area contributed by atoms with Gasteiger partial charge in [-0.2, -0.15) is 0 Å². The molecular weight excluding hydrogens is 493 g/mol. The first kappa shape index (κ1) is 25.0. The average Bonchev–Trinajstić information content (AvgIpc) is 2.95. The van der Waals surface area contributed by atoms with Crippen LogP contribution in [0.25, 0.3) is 0 Å². The summed E-state index contributed by atoms with van der Waals surface area (Å²) in [6.07, 6.45) is 0.00223. The molecule has 0 saturated carbocycles. The van der Waals surface area contributed by atoms with Crippen LogP contribution in [0.15, 0.2) is 29.3 Å². The normalized spacial score (nSPS) is 19.8. The summed E-state index contributed by atoms with van der Waals surface area (Å²) in [7, 11) is -2.88. The second-order valence-electron chi connectivity index (χ2n) is 7.12. The first-order valence-corrected chi connectivity index (χ1v) is 11.3. The highest BCUT2D eigenvalue weighted by Crippen LogP contribution is 2.21. The molecule has 28 heavy (non-hydrogen) atoms. The number of aliphatic hydroxyl groups is 1. The molecule has 1 aromatic carbocycles. The van der Waals surface area contributed by atoms with E-state index in [0.29, 0.717) is 25.5 Å². The van der Waals surface area contributed by atoms with Gasteiger partial charge < -0.3 is 20.5 Å². The maximum atomic E-state index is 11.6. The van der Waals surface area contributed by atoms with Crippen LogP contribution in [0.5, 0.6) is 5.75 Å². The van der Waals surface area contributed by atoms with Gasteiger partial charge in [-0.05, 0) is 50.8 Å². The number of nitrogens with zero attached hydrogens (tertiary/aromatic N) is 1. The topological polar surface area (TPSA) is 100 Å². The van der Waals surface area contributed by atoms with E-state index < -0.39 is 15.9 Å². The fourth-order valence-corrected chi connectivity index (χ4v) is 4.83. The van der Waals surface area contributed by atoms with Crippen molar-refractivity contribution >= 4 is 39.8 Å². The molecule has 0 aromatic heterocycles. The van der Waals surface area contributed by atoms with E-state index in [2.05, 4.69) is 15.6 Å². The second kappa shape index (κ2) is 11.8. The standard InChI is InChI=1S/C19H31N3O4S.HI/c1-4-20-19(21-11-15-8-9-27(24,25)13-15)22-12-18(23)16-6-5-7-17(10-16)26-14(2)3;/h5-7,10,14-15,18,23H,4,8-9,11-13H2,1-3H3,(H2,20,21,22);1H. The van der Waals surface area contributed by atoms with Gasteiger partial charge in [0, 0.05) is 13.1 Å². The number of guanidine groups is 1. The molecule has 0 aliphatic carbocycles. The lowest BCUT2D eigenvalue weighted by Crippen LogP contribution is -2.40. The van der Waals surface area contributed by atoms with Gasteiger partial charge in [0.15, 0.2) is 15.8 Å². The van der Waals surface area contributed by atoms with Gasteiger partial charge in [0.1, 0.15) is 5.75 Å². The third kappa shape index (κ3) is 8.52. The highest BCUT2D eigenvalue weighted by atomic mass is 127. The minimum absolute atomic E-state index is 0. The van der Waals surface area contributed by atoms with E-state index in [9.17, 15) is 13.5 Å². The Labute approximate surface area is 185 Å². The summed E-state index contributed by atoms with van der Waals surface area (Å²) in [6.45, 7) is 7.31. The molecule has 2 rings (SSSR count). The van der Waals surface area contributed by atoms with E-state index in [1.54, 1.807) is 0 Å². The van der Waals surface area contributed by atoms with Crippen molar-refractivity contribution in [2.24, 2.45) is 10.9 Å². The Bertz CT molecular complexity index is 740. The zero-order valence-corrected chi connectivity index (χ0v) is 19.9. The van der Waals surface area contributed by atoms with Crippen LogP contribution in [0.1, 0.15) is 38.9 Å². The van der Waals surface area contributed by atoms with Crippen LogP contribution in [0, 0.1) is 5.92 Å². The van der Waals surface area contributed by atoms with Gasteiger partial charge in [-0.1, -0.05) is 12.1 Å². The number of aliphatic imine (C=N–C) groups is 1. The SMILES string of the molecule is CCNC(=NCC(O)c1cccc(OC(C)C)c1)NCC1CCS(=O)(=O)C1.I. The van der Waals surface area contributed by atoms with Gasteiger partial charge in [0.05, 0.1) is 30.3 Å². The molecule has 0 amide bonds. The van der Waals surface area contributed by atoms with Crippen molar-refractivity contribution in [2.75, 3.05) is 31.1 Å². The number of nitrogens with one attached hydrogen (secondary N) is 2. The van der Waals surface area contributed by atoms with Gasteiger partial charge in [0.2, 0.25) is 0 Å². The molecule has 3 N–H and O–H groups in total. The van der Waals surface area contributed by atoms with E-state index >= 15 is 0 Å². The Morgan fingerprint density at radius 1 is 1.36 bits per heavy atom. The van der Waals surface area contributed by atoms with Gasteiger partial charge in [-0.3, -0.25) is 4.99 Å². The summed E-state index contributed by atoms with van der Waals surface area (Å²) in [4.78, 5) is 4.43. The van der Waals surface area contributed by atoms with Crippen molar-refractivity contribution in [3.63, 3.8) is 0 Å². The molecule has 2 unspecified atom stereocenters. The Hall–Kier alpha value is -1.07. The van der Waals surface area contributed by atoms with E-state index in [0.717, 1.165) is 11.3 Å². The van der Waals surface area contributed by atoms with Gasteiger partial charge in [-0.25, -0.2) is 8.42 Å². The highest BCUT2D eigenvalue weighted by molar-refractivity contribution is 14.0. The van der Waals surface area contributed by atoms with Crippen LogP contribution >= 0.6 is 24.0 Å². The maximum Gasteiger partial charge on any atom is 0.191 e. The molecule has 0 spiro atoms. The first-order chi connectivity index (χ1) is 12.8. The number of rotatable bonds is 8. The largest absolute Gasteiger partial charge is 0.491 e. The predicted octanol–water partition coefficient (Wildman–Crippen LogP) is 2.12. The third-order valence-corrected chi connectivity index (χ3v) is 6.10. The first-order valence-electron chi connectivity index (χ1n) is 9.46. The predicted molar refractivity (Wildman–Crippen MR) is 123 cm³/mol. The minimum atomic E-state index is -2.88. The molecular formula is C19H32IN3O4S. The molecule has 9 heteroatoms. The lowest BCUT2D eigenvalue weighted by atomic mass is 10.1. The molecule has 1 aromatic rings. The van der Waals surface area contributed by atoms with Crippen LogP contribution in [-0.4, -0.2) is 56.7 Å². The Morgan fingerprint density at radius 3 is 2.71 bits per heavy atom. The van der Waals surface area contributed by atoms with Crippen molar-refractivity contribution in [2.45, 2.75) is 39.4 Å². The van der Waals surface area contributed by atoms with E-state index in [-0.39, 0.29) is 54.0 Å². The monoisotopic (exact) mass is 525 g/mol. The smallest absolute Gasteiger partial charge is 0.191 e. The average molecular weight is 525 g/mol. The molecule has 1 fully saturated rings. The quantitative estimate of drug-likeness (QED) is 0.273.